The van der Waals surface area contributed by atoms with Crippen LogP contribution in [0.25, 0.3) is 0 Å². The molecule has 0 amide bonds. The summed E-state index contributed by atoms with van der Waals surface area (Å²) in [7, 11) is 2.18. The Morgan fingerprint density at radius 3 is 2.76 bits per heavy atom. The van der Waals surface area contributed by atoms with Crippen LogP contribution in [0.3, 0.4) is 0 Å². The van der Waals surface area contributed by atoms with E-state index in [0.29, 0.717) is 12.6 Å². The van der Waals surface area contributed by atoms with Crippen LogP contribution in [0, 0.1) is 0 Å². The first kappa shape index (κ1) is 12.6. The van der Waals surface area contributed by atoms with Gasteiger partial charge in [0.25, 0.3) is 0 Å². The minimum Gasteiger partial charge on any atom is -0.380 e. The molecule has 1 aromatic rings. The van der Waals surface area contributed by atoms with E-state index in [4.69, 9.17) is 10.5 Å². The zero-order valence-corrected chi connectivity index (χ0v) is 10.6. The molecule has 2 N–H and O–H groups in total. The summed E-state index contributed by atoms with van der Waals surface area (Å²) in [5.74, 6) is 0. The summed E-state index contributed by atoms with van der Waals surface area (Å²) >= 11 is 0. The Kier molecular flexibility index (Phi) is 4.54. The quantitative estimate of drug-likeness (QED) is 0.837. The molecule has 0 aliphatic carbocycles. The maximum Gasteiger partial charge on any atom is 0.0622 e. The van der Waals surface area contributed by atoms with E-state index in [2.05, 4.69) is 36.2 Å². The Hall–Kier alpha value is -0.900. The lowest BCUT2D eigenvalue weighted by Crippen LogP contribution is -2.31. The van der Waals surface area contributed by atoms with Gasteiger partial charge >= 0.3 is 0 Å². The predicted molar refractivity (Wildman–Crippen MR) is 69.9 cm³/mol. The summed E-state index contributed by atoms with van der Waals surface area (Å²) in [6.45, 7) is 3.48. The third-order valence-corrected chi connectivity index (χ3v) is 3.48. The van der Waals surface area contributed by atoms with Gasteiger partial charge in [0, 0.05) is 19.2 Å². The first-order valence-electron chi connectivity index (χ1n) is 6.36. The van der Waals surface area contributed by atoms with Gasteiger partial charge in [0.2, 0.25) is 0 Å². The molecule has 0 radical (unpaired) electrons. The van der Waals surface area contributed by atoms with Crippen LogP contribution in [-0.2, 0) is 17.7 Å². The van der Waals surface area contributed by atoms with Crippen molar-refractivity contribution in [2.75, 3.05) is 26.8 Å². The van der Waals surface area contributed by atoms with Crippen LogP contribution in [0.2, 0.25) is 0 Å². The van der Waals surface area contributed by atoms with Crippen molar-refractivity contribution >= 4 is 0 Å². The van der Waals surface area contributed by atoms with Crippen LogP contribution >= 0.6 is 0 Å². The molecule has 17 heavy (non-hydrogen) atoms. The summed E-state index contributed by atoms with van der Waals surface area (Å²) < 4.78 is 5.43. The molecular formula is C14H22N2O. The second kappa shape index (κ2) is 6.15. The molecule has 0 spiro atoms. The Morgan fingerprint density at radius 2 is 2.12 bits per heavy atom. The lowest BCUT2D eigenvalue weighted by atomic mass is 10.0. The summed E-state index contributed by atoms with van der Waals surface area (Å²) in [5, 5.41) is 0. The molecule has 1 aliphatic rings. The molecule has 1 fully saturated rings. The minimum atomic E-state index is 0.570. The number of nitrogens with zero attached hydrogens (tertiary/aromatic N) is 1. The van der Waals surface area contributed by atoms with Crippen molar-refractivity contribution in [2.24, 2.45) is 5.73 Å². The van der Waals surface area contributed by atoms with Crippen molar-refractivity contribution in [3.05, 3.63) is 35.4 Å². The zero-order valence-electron chi connectivity index (χ0n) is 10.6. The first-order valence-corrected chi connectivity index (χ1v) is 6.36. The van der Waals surface area contributed by atoms with E-state index in [1.54, 1.807) is 0 Å². The van der Waals surface area contributed by atoms with Crippen LogP contribution in [0.5, 0.6) is 0 Å². The topological polar surface area (TPSA) is 38.5 Å². The second-order valence-corrected chi connectivity index (χ2v) is 4.74. The summed E-state index contributed by atoms with van der Waals surface area (Å²) in [6.07, 6.45) is 2.11. The van der Waals surface area contributed by atoms with E-state index in [9.17, 15) is 0 Å². The smallest absolute Gasteiger partial charge is 0.0622 e. The lowest BCUT2D eigenvalue weighted by Gasteiger charge is -2.24. The van der Waals surface area contributed by atoms with Gasteiger partial charge in [-0.1, -0.05) is 24.3 Å². The van der Waals surface area contributed by atoms with Crippen molar-refractivity contribution in [1.29, 1.82) is 0 Å². The van der Waals surface area contributed by atoms with Crippen molar-refractivity contribution in [3.8, 4) is 0 Å². The Bertz CT molecular complexity index is 348. The number of benzene rings is 1. The minimum absolute atomic E-state index is 0.570. The molecule has 1 unspecified atom stereocenters. The summed E-state index contributed by atoms with van der Waals surface area (Å²) in [4.78, 5) is 2.39. The highest BCUT2D eigenvalue weighted by Gasteiger charge is 2.20. The Labute approximate surface area is 104 Å². The van der Waals surface area contributed by atoms with Gasteiger partial charge < -0.3 is 10.5 Å². The maximum absolute atomic E-state index is 5.65. The van der Waals surface area contributed by atoms with Gasteiger partial charge in [0.05, 0.1) is 6.61 Å². The van der Waals surface area contributed by atoms with E-state index in [0.717, 1.165) is 32.6 Å². The fourth-order valence-corrected chi connectivity index (χ4v) is 2.38. The van der Waals surface area contributed by atoms with Crippen molar-refractivity contribution in [1.82, 2.24) is 4.90 Å². The maximum atomic E-state index is 5.65. The van der Waals surface area contributed by atoms with E-state index in [1.807, 2.05) is 0 Å². The predicted octanol–water partition coefficient (Wildman–Crippen LogP) is 1.41. The van der Waals surface area contributed by atoms with E-state index < -0.39 is 0 Å². The molecule has 1 saturated heterocycles. The van der Waals surface area contributed by atoms with Crippen molar-refractivity contribution in [3.63, 3.8) is 0 Å². The molecule has 1 heterocycles. The first-order chi connectivity index (χ1) is 8.31. The van der Waals surface area contributed by atoms with Crippen LogP contribution in [0.15, 0.2) is 24.3 Å². The SMILES string of the molecule is CN(Cc1ccccc1CCN)C1CCOC1. The van der Waals surface area contributed by atoms with E-state index >= 15 is 0 Å². The molecule has 0 saturated carbocycles. The highest BCUT2D eigenvalue weighted by Crippen LogP contribution is 2.16. The average Bonchev–Trinajstić information content (AvgIpc) is 2.85. The Balaban J connectivity index is 2.01. The van der Waals surface area contributed by atoms with Gasteiger partial charge in [-0.3, -0.25) is 4.90 Å². The molecule has 1 aromatic carbocycles. The molecule has 3 nitrogen and oxygen atoms in total. The molecule has 3 heteroatoms. The fourth-order valence-electron chi connectivity index (χ4n) is 2.38. The van der Waals surface area contributed by atoms with E-state index in [-0.39, 0.29) is 0 Å². The van der Waals surface area contributed by atoms with Gasteiger partial charge in [0.15, 0.2) is 0 Å². The number of hydrogen-bond donors (Lipinski definition) is 1. The molecule has 94 valence electrons. The van der Waals surface area contributed by atoms with Gasteiger partial charge in [0.1, 0.15) is 0 Å². The largest absolute Gasteiger partial charge is 0.380 e. The summed E-state index contributed by atoms with van der Waals surface area (Å²) in [5.41, 5.74) is 8.42. The van der Waals surface area contributed by atoms with Crippen molar-refractivity contribution < 1.29 is 4.74 Å². The van der Waals surface area contributed by atoms with Crippen LogP contribution in [0.1, 0.15) is 17.5 Å². The molecular weight excluding hydrogens is 212 g/mol. The van der Waals surface area contributed by atoms with Crippen molar-refractivity contribution in [2.45, 2.75) is 25.4 Å². The average molecular weight is 234 g/mol. The van der Waals surface area contributed by atoms with E-state index in [1.165, 1.54) is 11.1 Å². The standard InChI is InChI=1S/C14H22N2O/c1-16(14-7-9-17-11-14)10-13-5-3-2-4-12(13)6-8-15/h2-5,14H,6-11,15H2,1H3. The number of rotatable bonds is 5. The van der Waals surface area contributed by atoms with Gasteiger partial charge in [-0.25, -0.2) is 0 Å². The Morgan fingerprint density at radius 1 is 1.35 bits per heavy atom. The van der Waals surface area contributed by atoms with Crippen LogP contribution in [0.4, 0.5) is 0 Å². The number of ether oxygens (including phenoxy) is 1. The van der Waals surface area contributed by atoms with Gasteiger partial charge in [-0.05, 0) is 37.6 Å². The molecule has 0 aromatic heterocycles. The third kappa shape index (κ3) is 3.28. The van der Waals surface area contributed by atoms with Crippen LogP contribution in [-0.4, -0.2) is 37.7 Å². The second-order valence-electron chi connectivity index (χ2n) is 4.74. The molecule has 1 atom stereocenters. The highest BCUT2D eigenvalue weighted by atomic mass is 16.5. The molecule has 0 bridgehead atoms. The normalized spacial score (nSPS) is 20.1. The third-order valence-electron chi connectivity index (χ3n) is 3.48. The van der Waals surface area contributed by atoms with Gasteiger partial charge in [-0.2, -0.15) is 0 Å². The number of hydrogen-bond acceptors (Lipinski definition) is 3. The summed E-state index contributed by atoms with van der Waals surface area (Å²) in [6, 6.07) is 9.15. The van der Waals surface area contributed by atoms with Gasteiger partial charge in [-0.15, -0.1) is 0 Å². The monoisotopic (exact) mass is 234 g/mol. The fraction of sp³-hybridized carbons (Fsp3) is 0.571. The molecule has 2 rings (SSSR count). The molecule has 1 aliphatic heterocycles. The lowest BCUT2D eigenvalue weighted by molar-refractivity contribution is 0.156. The van der Waals surface area contributed by atoms with Crippen LogP contribution < -0.4 is 5.73 Å². The number of nitrogens with two attached hydrogens (primary N) is 1. The highest BCUT2D eigenvalue weighted by molar-refractivity contribution is 5.27. The number of likely N-dealkylation sites (N-methyl/N-ethyl adjacent to an activating group) is 1. The zero-order chi connectivity index (χ0) is 12.1.